The molecule has 2 amide bonds. The van der Waals surface area contributed by atoms with E-state index in [1.54, 1.807) is 4.90 Å². The minimum atomic E-state index is -0.297. The standard InChI is InChI=1S/C20H29N9O2.C5H5N3O.C2H2/c1-13-4-3-7-29(13)19-23-17(21-16-12-15(25-26-16)14-5-6-14)22-18(24-19)27-8-10-28(11-9-27)20(30)31-2;9-4-8-5-3-6-1-2-7-5;1-2/h12-14H,3-11H2,1-2H3,(H2,21,22,23,24,25,26);1-4H,(H,7,8,9);1-2H/t13-;;/m0../s1. The molecule has 0 unspecified atom stereocenters. The topological polar surface area (TPSA) is 170 Å². The quantitative estimate of drug-likeness (QED) is 0.278. The smallest absolute Gasteiger partial charge is 0.409 e. The zero-order valence-electron chi connectivity index (χ0n) is 23.8. The number of nitrogens with one attached hydrogen (secondary N) is 3. The molecule has 0 spiro atoms. The van der Waals surface area contributed by atoms with E-state index in [1.165, 1.54) is 38.5 Å². The molecule has 222 valence electrons. The molecule has 5 heterocycles. The van der Waals surface area contributed by atoms with Crippen LogP contribution >= 0.6 is 0 Å². The van der Waals surface area contributed by atoms with E-state index in [1.807, 2.05) is 6.07 Å². The van der Waals surface area contributed by atoms with Gasteiger partial charge in [0, 0.05) is 68.8 Å². The van der Waals surface area contributed by atoms with E-state index in [-0.39, 0.29) is 6.09 Å². The molecule has 2 saturated heterocycles. The fourth-order valence-electron chi connectivity index (χ4n) is 4.68. The van der Waals surface area contributed by atoms with Gasteiger partial charge < -0.3 is 30.1 Å². The van der Waals surface area contributed by atoms with Crippen molar-refractivity contribution >= 4 is 42.0 Å². The molecule has 1 saturated carbocycles. The van der Waals surface area contributed by atoms with Crippen LogP contribution in [0.3, 0.4) is 0 Å². The molecule has 0 radical (unpaired) electrons. The lowest BCUT2D eigenvalue weighted by molar-refractivity contribution is -0.105. The zero-order chi connectivity index (χ0) is 29.9. The molecule has 3 aromatic heterocycles. The largest absolute Gasteiger partial charge is 0.453 e. The van der Waals surface area contributed by atoms with Gasteiger partial charge in [-0.05, 0) is 32.6 Å². The van der Waals surface area contributed by atoms with Crippen LogP contribution in [0, 0.1) is 12.8 Å². The van der Waals surface area contributed by atoms with E-state index < -0.39 is 0 Å². The summed E-state index contributed by atoms with van der Waals surface area (Å²) in [7, 11) is 1.41. The minimum Gasteiger partial charge on any atom is -0.453 e. The number of nitrogens with zero attached hydrogens (tertiary/aromatic N) is 9. The number of hydrogen-bond donors (Lipinski definition) is 3. The third-order valence-electron chi connectivity index (χ3n) is 7.04. The molecule has 6 rings (SSSR count). The Balaban J connectivity index is 0.000000313. The van der Waals surface area contributed by atoms with Crippen molar-refractivity contribution in [2.24, 2.45) is 0 Å². The summed E-state index contributed by atoms with van der Waals surface area (Å²) in [5.74, 6) is 3.58. The molecular formula is C27H36N12O3. The van der Waals surface area contributed by atoms with Crippen LogP contribution in [0.25, 0.3) is 0 Å². The van der Waals surface area contributed by atoms with Crippen molar-refractivity contribution in [3.8, 4) is 12.8 Å². The number of terminal acetylenes is 1. The summed E-state index contributed by atoms with van der Waals surface area (Å²) >= 11 is 0. The van der Waals surface area contributed by atoms with E-state index >= 15 is 0 Å². The number of aromatic amines is 1. The summed E-state index contributed by atoms with van der Waals surface area (Å²) in [6.45, 7) is 5.56. The predicted octanol–water partition coefficient (Wildman–Crippen LogP) is 2.39. The van der Waals surface area contributed by atoms with Crippen LogP contribution < -0.4 is 20.4 Å². The predicted molar refractivity (Wildman–Crippen MR) is 158 cm³/mol. The number of piperazine rings is 1. The third kappa shape index (κ3) is 7.80. The Morgan fingerprint density at radius 1 is 1.05 bits per heavy atom. The Bertz CT molecular complexity index is 1320. The van der Waals surface area contributed by atoms with Gasteiger partial charge in [-0.1, -0.05) is 0 Å². The van der Waals surface area contributed by atoms with Crippen LogP contribution in [0.15, 0.2) is 24.7 Å². The first-order chi connectivity index (χ1) is 20.5. The van der Waals surface area contributed by atoms with Crippen LogP contribution in [0.1, 0.15) is 44.2 Å². The van der Waals surface area contributed by atoms with E-state index in [0.29, 0.717) is 68.2 Å². The van der Waals surface area contributed by atoms with Crippen LogP contribution in [0.2, 0.25) is 0 Å². The Hall–Kier alpha value is -5.00. The molecule has 0 aromatic carbocycles. The van der Waals surface area contributed by atoms with Crippen molar-refractivity contribution in [1.29, 1.82) is 0 Å². The van der Waals surface area contributed by atoms with Crippen molar-refractivity contribution in [2.75, 3.05) is 60.3 Å². The Labute approximate surface area is 244 Å². The van der Waals surface area contributed by atoms with Crippen LogP contribution in [0.5, 0.6) is 0 Å². The first-order valence-corrected chi connectivity index (χ1v) is 13.8. The maximum atomic E-state index is 11.8. The van der Waals surface area contributed by atoms with Gasteiger partial charge in [0.05, 0.1) is 13.3 Å². The molecule has 1 aliphatic carbocycles. The fourth-order valence-corrected chi connectivity index (χ4v) is 4.68. The summed E-state index contributed by atoms with van der Waals surface area (Å²) in [5.41, 5.74) is 1.16. The lowest BCUT2D eigenvalue weighted by Crippen LogP contribution is -2.49. The number of hydrogen-bond acceptors (Lipinski definition) is 12. The summed E-state index contributed by atoms with van der Waals surface area (Å²) in [5, 5.41) is 13.1. The molecule has 3 aromatic rings. The van der Waals surface area contributed by atoms with Gasteiger partial charge >= 0.3 is 6.09 Å². The molecule has 0 bridgehead atoms. The summed E-state index contributed by atoms with van der Waals surface area (Å²) < 4.78 is 4.84. The number of carbonyl (C=O) groups is 2. The van der Waals surface area contributed by atoms with Gasteiger partial charge in [0.25, 0.3) is 0 Å². The minimum absolute atomic E-state index is 0.297. The lowest BCUT2D eigenvalue weighted by Gasteiger charge is -2.34. The van der Waals surface area contributed by atoms with Gasteiger partial charge in [0.2, 0.25) is 24.3 Å². The first kappa shape index (κ1) is 30.0. The molecule has 3 fully saturated rings. The van der Waals surface area contributed by atoms with Gasteiger partial charge in [-0.15, -0.1) is 12.8 Å². The maximum Gasteiger partial charge on any atom is 0.409 e. The van der Waals surface area contributed by atoms with Gasteiger partial charge in [-0.2, -0.15) is 20.1 Å². The highest BCUT2D eigenvalue weighted by atomic mass is 16.5. The number of ether oxygens (including phenoxy) is 1. The zero-order valence-corrected chi connectivity index (χ0v) is 23.8. The molecule has 3 aliphatic rings. The molecule has 42 heavy (non-hydrogen) atoms. The molecule has 2 aliphatic heterocycles. The van der Waals surface area contributed by atoms with Crippen molar-refractivity contribution in [1.82, 2.24) is 40.0 Å². The number of carbonyl (C=O) groups excluding carboxylic acids is 2. The normalized spacial score (nSPS) is 17.7. The van der Waals surface area contributed by atoms with Crippen LogP contribution in [-0.2, 0) is 9.53 Å². The molecule has 1 atom stereocenters. The SMILES string of the molecule is C#C.COC(=O)N1CCN(c2nc(Nc3cc(C4CC4)[nH]n3)nc(N3CCC[C@@H]3C)n2)CC1.O=CNc1cnccn1. The number of methoxy groups -OCH3 is 1. The molecule has 15 nitrogen and oxygen atoms in total. The summed E-state index contributed by atoms with van der Waals surface area (Å²) in [4.78, 5) is 49.3. The second-order valence-electron chi connectivity index (χ2n) is 9.85. The van der Waals surface area contributed by atoms with Crippen molar-refractivity contribution < 1.29 is 14.3 Å². The highest BCUT2D eigenvalue weighted by molar-refractivity contribution is 5.68. The summed E-state index contributed by atoms with van der Waals surface area (Å²) in [6.07, 6.45) is 17.5. The third-order valence-corrected chi connectivity index (χ3v) is 7.04. The Morgan fingerprint density at radius 2 is 1.81 bits per heavy atom. The van der Waals surface area contributed by atoms with E-state index in [0.717, 1.165) is 30.9 Å². The Kier molecular flexibility index (Phi) is 10.4. The van der Waals surface area contributed by atoms with Gasteiger partial charge in [0.15, 0.2) is 11.6 Å². The number of aromatic nitrogens is 7. The van der Waals surface area contributed by atoms with Crippen molar-refractivity contribution in [3.05, 3.63) is 30.4 Å². The monoisotopic (exact) mass is 576 g/mol. The first-order valence-electron chi connectivity index (χ1n) is 13.8. The van der Waals surface area contributed by atoms with E-state index in [9.17, 15) is 9.59 Å². The van der Waals surface area contributed by atoms with E-state index in [4.69, 9.17) is 14.7 Å². The molecule has 3 N–H and O–H groups in total. The number of anilines is 5. The fraction of sp³-hybridized carbons (Fsp3) is 0.481. The van der Waals surface area contributed by atoms with Crippen LogP contribution in [0.4, 0.5) is 34.3 Å². The number of rotatable bonds is 7. The average Bonchev–Trinajstić information content (AvgIpc) is 3.63. The van der Waals surface area contributed by atoms with Gasteiger partial charge in [-0.3, -0.25) is 14.9 Å². The number of amides is 2. The maximum absolute atomic E-state index is 11.8. The van der Waals surface area contributed by atoms with Gasteiger partial charge in [0.1, 0.15) is 0 Å². The highest BCUT2D eigenvalue weighted by Crippen LogP contribution is 2.39. The highest BCUT2D eigenvalue weighted by Gasteiger charge is 2.28. The molecule has 15 heteroatoms. The second-order valence-corrected chi connectivity index (χ2v) is 9.85. The average molecular weight is 577 g/mol. The lowest BCUT2D eigenvalue weighted by atomic mass is 10.2. The van der Waals surface area contributed by atoms with E-state index in [2.05, 4.69) is 65.4 Å². The Morgan fingerprint density at radius 3 is 2.43 bits per heavy atom. The second kappa shape index (κ2) is 14.6. The van der Waals surface area contributed by atoms with Crippen LogP contribution in [-0.4, -0.2) is 98.4 Å². The molecular weight excluding hydrogens is 540 g/mol. The van der Waals surface area contributed by atoms with Crippen molar-refractivity contribution in [2.45, 2.75) is 44.6 Å². The van der Waals surface area contributed by atoms with Crippen molar-refractivity contribution in [3.63, 3.8) is 0 Å². The summed E-state index contributed by atoms with van der Waals surface area (Å²) in [6, 6.07) is 2.43. The number of H-pyrrole nitrogens is 1. The van der Waals surface area contributed by atoms with Gasteiger partial charge in [-0.25, -0.2) is 9.78 Å².